The molecule has 1 amide bonds. The van der Waals surface area contributed by atoms with Gasteiger partial charge in [0.05, 0.1) is 13.4 Å². The topological polar surface area (TPSA) is 89.0 Å². The van der Waals surface area contributed by atoms with Crippen molar-refractivity contribution in [2.24, 2.45) is 0 Å². The van der Waals surface area contributed by atoms with Crippen LogP contribution in [0, 0.1) is 6.92 Å². The summed E-state index contributed by atoms with van der Waals surface area (Å²) in [5.74, 6) is 0.762. The number of carbonyl (C=O) groups excluding carboxylic acids is 1. The van der Waals surface area contributed by atoms with Gasteiger partial charge in [-0.15, -0.1) is 0 Å². The van der Waals surface area contributed by atoms with E-state index in [1.807, 2.05) is 6.92 Å². The molecule has 0 spiro atoms. The summed E-state index contributed by atoms with van der Waals surface area (Å²) < 4.78 is 34.8. The van der Waals surface area contributed by atoms with Crippen LogP contribution >= 0.6 is 0 Å². The van der Waals surface area contributed by atoms with Crippen molar-refractivity contribution in [3.05, 3.63) is 17.8 Å². The fourth-order valence-corrected chi connectivity index (χ4v) is 3.13. The van der Waals surface area contributed by atoms with Crippen molar-refractivity contribution >= 4 is 15.9 Å². The second kappa shape index (κ2) is 7.14. The summed E-state index contributed by atoms with van der Waals surface area (Å²) in [5, 5.41) is 0. The highest BCUT2D eigenvalue weighted by Crippen LogP contribution is 2.18. The lowest BCUT2D eigenvalue weighted by Gasteiger charge is -2.33. The zero-order valence-corrected chi connectivity index (χ0v) is 14.3. The minimum absolute atomic E-state index is 0.106. The van der Waals surface area contributed by atoms with Crippen LogP contribution in [-0.2, 0) is 14.8 Å². The first kappa shape index (κ1) is 17.5. The first-order valence-electron chi connectivity index (χ1n) is 7.18. The highest BCUT2D eigenvalue weighted by molar-refractivity contribution is 7.88. The SMILES string of the molecule is COc1cc(OCC(=O)N2CCN(S(C)(=O)=O)CC2)cc(C)n1. The van der Waals surface area contributed by atoms with Crippen LogP contribution in [0.1, 0.15) is 5.69 Å². The Balaban J connectivity index is 1.88. The van der Waals surface area contributed by atoms with Crippen LogP contribution in [-0.4, -0.2) is 74.7 Å². The number of methoxy groups -OCH3 is 1. The molecule has 128 valence electrons. The van der Waals surface area contributed by atoms with Gasteiger partial charge >= 0.3 is 0 Å². The van der Waals surface area contributed by atoms with Gasteiger partial charge in [0.25, 0.3) is 5.91 Å². The van der Waals surface area contributed by atoms with Gasteiger partial charge in [0.2, 0.25) is 15.9 Å². The van der Waals surface area contributed by atoms with Gasteiger partial charge in [-0.05, 0) is 6.92 Å². The molecule has 0 atom stereocenters. The lowest BCUT2D eigenvalue weighted by atomic mass is 10.3. The lowest BCUT2D eigenvalue weighted by molar-refractivity contribution is -0.134. The van der Waals surface area contributed by atoms with E-state index in [9.17, 15) is 13.2 Å². The predicted molar refractivity (Wildman–Crippen MR) is 84.0 cm³/mol. The molecule has 1 aromatic rings. The number of nitrogens with zero attached hydrogens (tertiary/aromatic N) is 3. The van der Waals surface area contributed by atoms with Crippen LogP contribution in [0.15, 0.2) is 12.1 Å². The fourth-order valence-electron chi connectivity index (χ4n) is 2.30. The summed E-state index contributed by atoms with van der Waals surface area (Å²) in [7, 11) is -1.69. The molecule has 0 aliphatic carbocycles. The average molecular weight is 343 g/mol. The smallest absolute Gasteiger partial charge is 0.260 e. The first-order chi connectivity index (χ1) is 10.8. The number of hydrogen-bond donors (Lipinski definition) is 0. The zero-order chi connectivity index (χ0) is 17.0. The normalized spacial score (nSPS) is 16.2. The molecule has 0 N–H and O–H groups in total. The van der Waals surface area contributed by atoms with E-state index in [-0.39, 0.29) is 12.5 Å². The quantitative estimate of drug-likeness (QED) is 0.741. The fraction of sp³-hybridized carbons (Fsp3) is 0.571. The maximum Gasteiger partial charge on any atom is 0.260 e. The molecule has 0 bridgehead atoms. The number of aryl methyl sites for hydroxylation is 1. The minimum Gasteiger partial charge on any atom is -0.484 e. The summed E-state index contributed by atoms with van der Waals surface area (Å²) in [6.45, 7) is 3.06. The van der Waals surface area contributed by atoms with E-state index in [1.54, 1.807) is 17.0 Å². The van der Waals surface area contributed by atoms with E-state index >= 15 is 0 Å². The number of ether oxygens (including phenoxy) is 2. The predicted octanol–water partition coefficient (Wildman–Crippen LogP) is -0.119. The summed E-state index contributed by atoms with van der Waals surface area (Å²) in [6.07, 6.45) is 1.17. The Morgan fingerprint density at radius 1 is 1.26 bits per heavy atom. The van der Waals surface area contributed by atoms with Crippen LogP contribution in [0.3, 0.4) is 0 Å². The van der Waals surface area contributed by atoms with E-state index in [1.165, 1.54) is 17.7 Å². The number of pyridine rings is 1. The highest BCUT2D eigenvalue weighted by atomic mass is 32.2. The van der Waals surface area contributed by atoms with Gasteiger partial charge < -0.3 is 14.4 Å². The Hall–Kier alpha value is -1.87. The number of hydrogen-bond acceptors (Lipinski definition) is 6. The van der Waals surface area contributed by atoms with E-state index in [4.69, 9.17) is 9.47 Å². The van der Waals surface area contributed by atoms with Crippen molar-refractivity contribution in [2.75, 3.05) is 46.2 Å². The first-order valence-corrected chi connectivity index (χ1v) is 9.03. The molecule has 9 heteroatoms. The van der Waals surface area contributed by atoms with Crippen molar-refractivity contribution in [1.82, 2.24) is 14.2 Å². The van der Waals surface area contributed by atoms with Crippen molar-refractivity contribution in [3.8, 4) is 11.6 Å². The molecule has 1 saturated heterocycles. The van der Waals surface area contributed by atoms with E-state index in [0.717, 1.165) is 5.69 Å². The second-order valence-electron chi connectivity index (χ2n) is 5.32. The number of sulfonamides is 1. The summed E-state index contributed by atoms with van der Waals surface area (Å²) in [5.41, 5.74) is 0.730. The average Bonchev–Trinajstić information content (AvgIpc) is 2.51. The maximum atomic E-state index is 12.2. The van der Waals surface area contributed by atoms with Gasteiger partial charge in [-0.25, -0.2) is 13.4 Å². The molecular weight excluding hydrogens is 322 g/mol. The Morgan fingerprint density at radius 3 is 2.48 bits per heavy atom. The van der Waals surface area contributed by atoms with Crippen molar-refractivity contribution in [3.63, 3.8) is 0 Å². The van der Waals surface area contributed by atoms with E-state index < -0.39 is 10.0 Å². The standard InChI is InChI=1S/C14H21N3O5S/c1-11-8-12(9-13(15-11)21-2)22-10-14(18)16-4-6-17(7-5-16)23(3,19)20/h8-9H,4-7,10H2,1-3H3. The Kier molecular flexibility index (Phi) is 5.42. The zero-order valence-electron chi connectivity index (χ0n) is 13.5. The molecule has 0 radical (unpaired) electrons. The van der Waals surface area contributed by atoms with Crippen LogP contribution < -0.4 is 9.47 Å². The molecule has 0 saturated carbocycles. The van der Waals surface area contributed by atoms with Gasteiger partial charge in [-0.2, -0.15) is 4.31 Å². The molecule has 8 nitrogen and oxygen atoms in total. The van der Waals surface area contributed by atoms with Crippen LogP contribution in [0.2, 0.25) is 0 Å². The summed E-state index contributed by atoms with van der Waals surface area (Å²) in [4.78, 5) is 17.9. The maximum absolute atomic E-state index is 12.2. The summed E-state index contributed by atoms with van der Waals surface area (Å²) >= 11 is 0. The largest absolute Gasteiger partial charge is 0.484 e. The minimum atomic E-state index is -3.20. The highest BCUT2D eigenvalue weighted by Gasteiger charge is 2.26. The number of amides is 1. The van der Waals surface area contributed by atoms with Crippen molar-refractivity contribution in [2.45, 2.75) is 6.92 Å². The van der Waals surface area contributed by atoms with Crippen LogP contribution in [0.25, 0.3) is 0 Å². The number of carbonyl (C=O) groups is 1. The third-order valence-electron chi connectivity index (χ3n) is 3.54. The van der Waals surface area contributed by atoms with Gasteiger partial charge in [0.15, 0.2) is 6.61 Å². The monoisotopic (exact) mass is 343 g/mol. The molecule has 2 rings (SSSR count). The molecular formula is C14H21N3O5S. The molecule has 1 aromatic heterocycles. The number of piperazine rings is 1. The molecule has 0 unspecified atom stereocenters. The molecule has 2 heterocycles. The van der Waals surface area contributed by atoms with E-state index in [2.05, 4.69) is 4.98 Å². The van der Waals surface area contributed by atoms with Gasteiger partial charge in [-0.3, -0.25) is 4.79 Å². The molecule has 1 fully saturated rings. The Labute approximate surface area is 136 Å². The lowest BCUT2D eigenvalue weighted by Crippen LogP contribution is -2.51. The number of aromatic nitrogens is 1. The van der Waals surface area contributed by atoms with Gasteiger partial charge in [0.1, 0.15) is 5.75 Å². The van der Waals surface area contributed by atoms with Crippen molar-refractivity contribution in [1.29, 1.82) is 0 Å². The van der Waals surface area contributed by atoms with Crippen molar-refractivity contribution < 1.29 is 22.7 Å². The van der Waals surface area contributed by atoms with E-state index in [0.29, 0.717) is 37.8 Å². The molecule has 1 aliphatic heterocycles. The van der Waals surface area contributed by atoms with Crippen LogP contribution in [0.4, 0.5) is 0 Å². The number of rotatable bonds is 5. The molecule has 0 aromatic carbocycles. The summed E-state index contributed by atoms with van der Waals surface area (Å²) in [6, 6.07) is 3.33. The second-order valence-corrected chi connectivity index (χ2v) is 7.30. The third-order valence-corrected chi connectivity index (χ3v) is 4.84. The Morgan fingerprint density at radius 2 is 1.91 bits per heavy atom. The molecule has 23 heavy (non-hydrogen) atoms. The third kappa shape index (κ3) is 4.80. The van der Waals surface area contributed by atoms with Gasteiger partial charge in [0, 0.05) is 44.0 Å². The molecule has 1 aliphatic rings. The Bertz CT molecular complexity index is 669. The van der Waals surface area contributed by atoms with Gasteiger partial charge in [-0.1, -0.05) is 0 Å². The van der Waals surface area contributed by atoms with Crippen LogP contribution in [0.5, 0.6) is 11.6 Å².